The molecule has 1 fully saturated rings. The molecule has 3 aromatic rings. The predicted molar refractivity (Wildman–Crippen MR) is 127 cm³/mol. The number of para-hydroxylation sites is 1. The summed E-state index contributed by atoms with van der Waals surface area (Å²) in [6.45, 7) is 6.71. The predicted octanol–water partition coefficient (Wildman–Crippen LogP) is 5.05. The smallest absolute Gasteiger partial charge is 0.261 e. The minimum absolute atomic E-state index is 0.0408. The van der Waals surface area contributed by atoms with Gasteiger partial charge in [-0.2, -0.15) is 0 Å². The van der Waals surface area contributed by atoms with E-state index in [4.69, 9.17) is 9.47 Å². The fraction of sp³-hybridized carbons (Fsp3) is 0.400. The lowest BCUT2D eigenvalue weighted by Crippen LogP contribution is -2.30. The summed E-state index contributed by atoms with van der Waals surface area (Å²) in [5, 5.41) is 4.31. The van der Waals surface area contributed by atoms with Gasteiger partial charge in [-0.05, 0) is 49.9 Å². The van der Waals surface area contributed by atoms with Crippen LogP contribution in [0.2, 0.25) is 0 Å². The van der Waals surface area contributed by atoms with Crippen molar-refractivity contribution in [2.24, 2.45) is 0 Å². The monoisotopic (exact) mass is 438 g/mol. The Labute approximate surface area is 188 Å². The number of thiophene rings is 1. The maximum Gasteiger partial charge on any atom is 0.261 e. The summed E-state index contributed by atoms with van der Waals surface area (Å²) in [6, 6.07) is 14.5. The second-order valence-electron chi connectivity index (χ2n) is 8.34. The van der Waals surface area contributed by atoms with Gasteiger partial charge in [0.1, 0.15) is 0 Å². The number of nitrogens with one attached hydrogen (secondary N) is 1. The van der Waals surface area contributed by atoms with Crippen LogP contribution in [0, 0.1) is 0 Å². The van der Waals surface area contributed by atoms with Gasteiger partial charge >= 0.3 is 0 Å². The number of likely N-dealkylation sites (tertiary alicyclic amines) is 1. The van der Waals surface area contributed by atoms with Crippen molar-refractivity contribution in [2.75, 3.05) is 27.3 Å². The molecule has 2 aromatic carbocycles. The minimum atomic E-state index is 0.0408. The van der Waals surface area contributed by atoms with E-state index in [2.05, 4.69) is 34.5 Å². The highest BCUT2D eigenvalue weighted by Crippen LogP contribution is 2.41. The third-order valence-corrected chi connectivity index (χ3v) is 7.00. The summed E-state index contributed by atoms with van der Waals surface area (Å²) in [4.78, 5) is 16.3. The van der Waals surface area contributed by atoms with Gasteiger partial charge in [0.15, 0.2) is 11.5 Å². The first kappa shape index (κ1) is 21.7. The molecule has 1 N–H and O–H groups in total. The number of benzene rings is 2. The zero-order valence-corrected chi connectivity index (χ0v) is 19.4. The van der Waals surface area contributed by atoms with Crippen molar-refractivity contribution in [1.82, 2.24) is 10.2 Å². The highest BCUT2D eigenvalue weighted by atomic mass is 32.1. The van der Waals surface area contributed by atoms with E-state index >= 15 is 0 Å². The number of ether oxygens (including phenoxy) is 2. The van der Waals surface area contributed by atoms with Crippen LogP contribution in [0.25, 0.3) is 10.1 Å². The van der Waals surface area contributed by atoms with E-state index in [1.807, 2.05) is 32.0 Å². The van der Waals surface area contributed by atoms with Gasteiger partial charge in [-0.1, -0.05) is 30.3 Å². The maximum atomic E-state index is 13.0. The molecule has 0 radical (unpaired) electrons. The Morgan fingerprint density at radius 3 is 2.71 bits per heavy atom. The van der Waals surface area contributed by atoms with Crippen molar-refractivity contribution in [3.63, 3.8) is 0 Å². The van der Waals surface area contributed by atoms with Gasteiger partial charge in [-0.25, -0.2) is 0 Å². The highest BCUT2D eigenvalue weighted by molar-refractivity contribution is 7.21. The van der Waals surface area contributed by atoms with Gasteiger partial charge in [0.25, 0.3) is 5.91 Å². The van der Waals surface area contributed by atoms with E-state index in [1.165, 1.54) is 15.6 Å². The molecule has 4 rings (SSSR count). The van der Waals surface area contributed by atoms with Crippen LogP contribution in [0.4, 0.5) is 0 Å². The van der Waals surface area contributed by atoms with Crippen LogP contribution in [-0.4, -0.2) is 44.2 Å². The Balaban J connectivity index is 1.60. The molecular weight excluding hydrogens is 408 g/mol. The fourth-order valence-corrected chi connectivity index (χ4v) is 5.69. The molecule has 164 valence electrons. The molecule has 1 atom stereocenters. The number of amides is 1. The molecule has 0 saturated carbocycles. The molecule has 0 aliphatic carbocycles. The van der Waals surface area contributed by atoms with E-state index in [0.29, 0.717) is 5.92 Å². The lowest BCUT2D eigenvalue weighted by atomic mass is 9.95. The molecule has 2 heterocycles. The van der Waals surface area contributed by atoms with Gasteiger partial charge < -0.3 is 14.8 Å². The average Bonchev–Trinajstić information content (AvgIpc) is 3.37. The van der Waals surface area contributed by atoms with Crippen LogP contribution in [0.15, 0.2) is 42.5 Å². The first-order valence-electron chi connectivity index (χ1n) is 10.8. The van der Waals surface area contributed by atoms with Crippen molar-refractivity contribution in [1.29, 1.82) is 0 Å². The first-order valence-corrected chi connectivity index (χ1v) is 11.6. The molecule has 1 aliphatic rings. The molecule has 0 unspecified atom stereocenters. The van der Waals surface area contributed by atoms with Gasteiger partial charge in [-0.3, -0.25) is 9.69 Å². The summed E-state index contributed by atoms with van der Waals surface area (Å²) in [5.41, 5.74) is 2.33. The zero-order valence-electron chi connectivity index (χ0n) is 18.6. The third-order valence-electron chi connectivity index (χ3n) is 5.82. The summed E-state index contributed by atoms with van der Waals surface area (Å²) in [7, 11) is 3.35. The van der Waals surface area contributed by atoms with Crippen molar-refractivity contribution in [2.45, 2.75) is 38.8 Å². The topological polar surface area (TPSA) is 50.8 Å². The largest absolute Gasteiger partial charge is 0.493 e. The van der Waals surface area contributed by atoms with Crippen molar-refractivity contribution >= 4 is 27.3 Å². The maximum absolute atomic E-state index is 13.0. The van der Waals surface area contributed by atoms with Crippen LogP contribution in [-0.2, 0) is 6.54 Å². The van der Waals surface area contributed by atoms with E-state index in [1.54, 1.807) is 25.6 Å². The number of rotatable bonds is 7. The number of carbonyl (C=O) groups is 1. The molecule has 1 aliphatic heterocycles. The third kappa shape index (κ3) is 4.41. The zero-order chi connectivity index (χ0) is 22.0. The van der Waals surface area contributed by atoms with Gasteiger partial charge in [0, 0.05) is 35.3 Å². The summed E-state index contributed by atoms with van der Waals surface area (Å²) in [6.07, 6.45) is 1.04. The minimum Gasteiger partial charge on any atom is -0.493 e. The summed E-state index contributed by atoms with van der Waals surface area (Å²) < 4.78 is 12.3. The van der Waals surface area contributed by atoms with Gasteiger partial charge in [0.2, 0.25) is 0 Å². The van der Waals surface area contributed by atoms with E-state index in [0.717, 1.165) is 48.0 Å². The van der Waals surface area contributed by atoms with Crippen molar-refractivity contribution in [3.05, 3.63) is 58.5 Å². The summed E-state index contributed by atoms with van der Waals surface area (Å²) in [5.74, 6) is 1.93. The normalized spacial score (nSPS) is 16.7. The second kappa shape index (κ2) is 9.28. The van der Waals surface area contributed by atoms with Crippen LogP contribution < -0.4 is 14.8 Å². The highest BCUT2D eigenvalue weighted by Gasteiger charge is 2.31. The molecule has 31 heavy (non-hydrogen) atoms. The lowest BCUT2D eigenvalue weighted by molar-refractivity contribution is 0.0946. The molecule has 0 bridgehead atoms. The Morgan fingerprint density at radius 2 is 1.97 bits per heavy atom. The van der Waals surface area contributed by atoms with Crippen LogP contribution >= 0.6 is 11.3 Å². The molecular formula is C25H30N2O3S. The van der Waals surface area contributed by atoms with Crippen molar-refractivity contribution in [3.8, 4) is 11.5 Å². The number of nitrogens with zero attached hydrogens (tertiary/aromatic N) is 1. The standard InChI is InChI=1S/C25H30N2O3S/c1-16(2)26-25(28)24-22(19-9-5-6-11-21(19)31-24)17-12-13-27(14-17)15-18-8-7-10-20(29-3)23(18)30-4/h5-11,16-17H,12-15H2,1-4H3,(H,26,28)/t17-/m1/s1. The van der Waals surface area contributed by atoms with Crippen molar-refractivity contribution < 1.29 is 14.3 Å². The number of fused-ring (bicyclic) bond motifs is 1. The Hall–Kier alpha value is -2.57. The van der Waals surface area contributed by atoms with E-state index < -0.39 is 0 Å². The number of methoxy groups -OCH3 is 2. The van der Waals surface area contributed by atoms with E-state index in [-0.39, 0.29) is 11.9 Å². The van der Waals surface area contributed by atoms with Gasteiger partial charge in [0.05, 0.1) is 19.1 Å². The van der Waals surface area contributed by atoms with Gasteiger partial charge in [-0.15, -0.1) is 11.3 Å². The molecule has 0 spiro atoms. The number of hydrogen-bond donors (Lipinski definition) is 1. The lowest BCUT2D eigenvalue weighted by Gasteiger charge is -2.19. The quantitative estimate of drug-likeness (QED) is 0.561. The average molecular weight is 439 g/mol. The number of carbonyl (C=O) groups excluding carboxylic acids is 1. The molecule has 1 saturated heterocycles. The fourth-order valence-electron chi connectivity index (χ4n) is 4.50. The SMILES string of the molecule is COc1cccc(CN2CC[C@@H](c3c(C(=O)NC(C)C)sc4ccccc34)C2)c1OC. The number of hydrogen-bond acceptors (Lipinski definition) is 5. The second-order valence-corrected chi connectivity index (χ2v) is 9.39. The summed E-state index contributed by atoms with van der Waals surface area (Å²) >= 11 is 1.61. The van der Waals surface area contributed by atoms with Crippen LogP contribution in [0.3, 0.4) is 0 Å². The molecule has 6 heteroatoms. The first-order chi connectivity index (χ1) is 15.0. The Kier molecular flexibility index (Phi) is 6.49. The molecule has 1 amide bonds. The van der Waals surface area contributed by atoms with E-state index in [9.17, 15) is 4.79 Å². The molecule has 1 aromatic heterocycles. The molecule has 5 nitrogen and oxygen atoms in total. The van der Waals surface area contributed by atoms with Crippen LogP contribution in [0.1, 0.15) is 47.0 Å². The Bertz CT molecular complexity index is 1080. The Morgan fingerprint density at radius 1 is 1.16 bits per heavy atom. The van der Waals surface area contributed by atoms with Crippen LogP contribution in [0.5, 0.6) is 11.5 Å².